The van der Waals surface area contributed by atoms with Crippen LogP contribution in [0.1, 0.15) is 19.3 Å². The molecule has 0 radical (unpaired) electrons. The molecule has 0 amide bonds. The van der Waals surface area contributed by atoms with Gasteiger partial charge in [0.1, 0.15) is 0 Å². The molecule has 1 fully saturated rings. The summed E-state index contributed by atoms with van der Waals surface area (Å²) in [5, 5.41) is 28.0. The van der Waals surface area contributed by atoms with Crippen molar-refractivity contribution in [3.8, 4) is 0 Å². The topological polar surface area (TPSA) is 60.7 Å². The minimum Gasteiger partial charge on any atom is -0.373 e. The average molecular weight is 582 g/mol. The van der Waals surface area contributed by atoms with Gasteiger partial charge in [-0.25, -0.2) is 0 Å². The zero-order chi connectivity index (χ0) is 29.4. The predicted molar refractivity (Wildman–Crippen MR) is 75.5 cm³/mol. The van der Waals surface area contributed by atoms with Crippen molar-refractivity contribution in [1.29, 1.82) is 0 Å². The summed E-state index contributed by atoms with van der Waals surface area (Å²) in [5.74, 6) is -12.9. The van der Waals surface area contributed by atoms with Gasteiger partial charge in [-0.2, -0.15) is 79.0 Å². The zero-order valence-electron chi connectivity index (χ0n) is 16.5. The second-order valence-electron chi connectivity index (χ2n) is 8.08. The molecule has 3 nitrogen and oxygen atoms in total. The summed E-state index contributed by atoms with van der Waals surface area (Å²) < 4.78 is 237. The van der Waals surface area contributed by atoms with Crippen molar-refractivity contribution in [2.75, 3.05) is 0 Å². The van der Waals surface area contributed by atoms with E-state index < -0.39 is 90.9 Å². The quantitative estimate of drug-likeness (QED) is 0.381. The highest BCUT2D eigenvalue weighted by Crippen LogP contribution is 2.62. The maximum absolute atomic E-state index is 13.2. The molecule has 0 aliphatic heterocycles. The summed E-state index contributed by atoms with van der Waals surface area (Å²) in [6.45, 7) is 0. The fourth-order valence-corrected chi connectivity index (χ4v) is 4.21. The molecule has 0 aromatic carbocycles. The summed E-state index contributed by atoms with van der Waals surface area (Å²) in [4.78, 5) is 0. The van der Waals surface area contributed by atoms with Gasteiger partial charge in [0.15, 0.2) is 0 Å². The largest absolute Gasteiger partial charge is 0.426 e. The van der Waals surface area contributed by atoms with Gasteiger partial charge in [0, 0.05) is 17.8 Å². The van der Waals surface area contributed by atoms with E-state index in [-0.39, 0.29) is 0 Å². The molecule has 1 saturated carbocycles. The number of aliphatic hydroxyl groups is 3. The Morgan fingerprint density at radius 1 is 0.306 bits per heavy atom. The van der Waals surface area contributed by atoms with Gasteiger partial charge in [0.25, 0.3) is 16.8 Å². The monoisotopic (exact) mass is 582 g/mol. The van der Waals surface area contributed by atoms with Crippen molar-refractivity contribution in [2.24, 2.45) is 17.8 Å². The Hall–Kier alpha value is -1.38. The van der Waals surface area contributed by atoms with Gasteiger partial charge in [0.05, 0.1) is 0 Å². The Bertz CT molecular complexity index is 630. The van der Waals surface area contributed by atoms with E-state index >= 15 is 0 Å². The van der Waals surface area contributed by atoms with Gasteiger partial charge in [0.2, 0.25) is 0 Å². The Balaban J connectivity index is 4.06. The second-order valence-corrected chi connectivity index (χ2v) is 8.08. The number of halogens is 18. The molecule has 0 heterocycles. The van der Waals surface area contributed by atoms with Crippen LogP contribution in [0.4, 0.5) is 79.0 Å². The van der Waals surface area contributed by atoms with Crippen LogP contribution in [0.15, 0.2) is 0 Å². The molecular formula is C15H12F18O3. The van der Waals surface area contributed by atoms with Crippen molar-refractivity contribution in [3.63, 3.8) is 0 Å². The lowest BCUT2D eigenvalue weighted by Gasteiger charge is -2.51. The van der Waals surface area contributed by atoms with Gasteiger partial charge in [-0.15, -0.1) is 0 Å². The van der Waals surface area contributed by atoms with Crippen molar-refractivity contribution < 1.29 is 94.3 Å². The normalized spacial score (nSPS) is 24.8. The van der Waals surface area contributed by atoms with Crippen LogP contribution in [0.25, 0.3) is 0 Å². The van der Waals surface area contributed by atoms with Gasteiger partial charge in [-0.05, 0) is 19.3 Å². The molecule has 216 valence electrons. The first kappa shape index (κ1) is 32.6. The summed E-state index contributed by atoms with van der Waals surface area (Å²) in [7, 11) is 0. The Morgan fingerprint density at radius 3 is 0.500 bits per heavy atom. The highest BCUT2D eigenvalue weighted by Gasteiger charge is 2.81. The van der Waals surface area contributed by atoms with Crippen LogP contribution in [0.5, 0.6) is 0 Å². The predicted octanol–water partition coefficient (Wildman–Crippen LogP) is 5.59. The first-order chi connectivity index (χ1) is 15.3. The zero-order valence-corrected chi connectivity index (χ0v) is 16.5. The molecule has 1 aliphatic carbocycles. The van der Waals surface area contributed by atoms with Crippen LogP contribution in [0, 0.1) is 17.8 Å². The van der Waals surface area contributed by atoms with Crippen LogP contribution in [0.3, 0.4) is 0 Å². The van der Waals surface area contributed by atoms with E-state index in [4.69, 9.17) is 0 Å². The van der Waals surface area contributed by atoms with Crippen LogP contribution in [-0.2, 0) is 0 Å². The minimum absolute atomic E-state index is 2.87. The first-order valence-electron chi connectivity index (χ1n) is 8.89. The lowest BCUT2D eigenvalue weighted by Crippen LogP contribution is -2.70. The molecule has 3 N–H and O–H groups in total. The third kappa shape index (κ3) is 4.78. The maximum atomic E-state index is 13.2. The third-order valence-corrected chi connectivity index (χ3v) is 6.07. The maximum Gasteiger partial charge on any atom is 0.426 e. The van der Waals surface area contributed by atoms with Gasteiger partial charge in [-0.1, -0.05) is 0 Å². The van der Waals surface area contributed by atoms with Crippen molar-refractivity contribution in [1.82, 2.24) is 0 Å². The Labute approximate surface area is 186 Å². The second kappa shape index (κ2) is 8.57. The molecule has 1 rings (SSSR count). The fraction of sp³-hybridized carbons (Fsp3) is 1.00. The number of alkyl halides is 18. The highest BCUT2D eigenvalue weighted by molar-refractivity contribution is 5.12. The highest BCUT2D eigenvalue weighted by atomic mass is 19.4. The molecule has 0 aromatic rings. The molecule has 0 saturated heterocycles. The van der Waals surface area contributed by atoms with Crippen molar-refractivity contribution in [2.45, 2.75) is 73.1 Å². The van der Waals surface area contributed by atoms with E-state index in [0.717, 1.165) is 0 Å². The summed E-state index contributed by atoms with van der Waals surface area (Å²) in [5.41, 5.74) is -19.4. The third-order valence-electron chi connectivity index (χ3n) is 6.07. The summed E-state index contributed by atoms with van der Waals surface area (Å²) in [6, 6.07) is 0. The Morgan fingerprint density at radius 2 is 0.417 bits per heavy atom. The Kier molecular flexibility index (Phi) is 7.77. The molecule has 0 unspecified atom stereocenters. The smallest absolute Gasteiger partial charge is 0.373 e. The first-order valence-corrected chi connectivity index (χ1v) is 8.89. The molecule has 0 bridgehead atoms. The lowest BCUT2D eigenvalue weighted by atomic mass is 9.59. The van der Waals surface area contributed by atoms with Crippen molar-refractivity contribution >= 4 is 0 Å². The van der Waals surface area contributed by atoms with Gasteiger partial charge >= 0.3 is 37.1 Å². The van der Waals surface area contributed by atoms with E-state index in [1.165, 1.54) is 0 Å². The van der Waals surface area contributed by atoms with Gasteiger partial charge in [-0.3, -0.25) is 0 Å². The summed E-state index contributed by atoms with van der Waals surface area (Å²) >= 11 is 0. The van der Waals surface area contributed by atoms with E-state index in [2.05, 4.69) is 0 Å². The number of rotatable bonds is 3. The van der Waals surface area contributed by atoms with Crippen LogP contribution in [-0.4, -0.2) is 69.2 Å². The molecule has 21 heteroatoms. The van der Waals surface area contributed by atoms with Crippen LogP contribution in [0.2, 0.25) is 0 Å². The molecule has 0 spiro atoms. The minimum atomic E-state index is -7.12. The molecule has 0 aromatic heterocycles. The number of hydrogen-bond donors (Lipinski definition) is 3. The molecular weight excluding hydrogens is 570 g/mol. The van der Waals surface area contributed by atoms with Gasteiger partial charge < -0.3 is 15.3 Å². The van der Waals surface area contributed by atoms with Crippen molar-refractivity contribution in [3.05, 3.63) is 0 Å². The molecule has 1 aliphatic rings. The lowest BCUT2D eigenvalue weighted by molar-refractivity contribution is -0.419. The van der Waals surface area contributed by atoms with Crippen LogP contribution < -0.4 is 0 Å². The average Bonchev–Trinajstić information content (AvgIpc) is 2.59. The van der Waals surface area contributed by atoms with E-state index in [1.807, 2.05) is 0 Å². The number of hydrogen-bond acceptors (Lipinski definition) is 3. The van der Waals surface area contributed by atoms with E-state index in [0.29, 0.717) is 0 Å². The summed E-state index contributed by atoms with van der Waals surface area (Å²) in [6.07, 6.45) is -51.3. The SMILES string of the molecule is OC(C1CC(C(O)(C(F)(F)F)C(F)(F)F)CC(C(O)(C(F)(F)F)C(F)(F)F)C1)(C(F)(F)F)C(F)(F)F. The molecule has 36 heavy (non-hydrogen) atoms. The van der Waals surface area contributed by atoms with Crippen LogP contribution >= 0.6 is 0 Å². The molecule has 0 atom stereocenters. The standard InChI is InChI=1S/C15H12F18O3/c16-10(17,18)7(34,11(19,20)21)4-1-5(8(35,12(22,23)24)13(25,26)27)3-6(2-4)9(36,14(28,29)30)15(31,32)33/h4-6,34-36H,1-3H2. The fourth-order valence-electron chi connectivity index (χ4n) is 4.21. The van der Waals surface area contributed by atoms with E-state index in [9.17, 15) is 94.3 Å². The van der Waals surface area contributed by atoms with E-state index in [1.54, 1.807) is 0 Å².